The molecule has 2 unspecified atom stereocenters. The van der Waals surface area contributed by atoms with Crippen LogP contribution in [0, 0.1) is 0 Å². The van der Waals surface area contributed by atoms with Crippen LogP contribution in [0.15, 0.2) is 0 Å². The molecule has 0 aliphatic heterocycles. The highest BCUT2D eigenvalue weighted by Gasteiger charge is 2.08. The monoisotopic (exact) mass is 231 g/mol. The van der Waals surface area contributed by atoms with Crippen LogP contribution < -0.4 is 5.73 Å². The van der Waals surface area contributed by atoms with Gasteiger partial charge < -0.3 is 15.9 Å². The maximum absolute atomic E-state index is 9.68. The highest BCUT2D eigenvalue weighted by Crippen LogP contribution is 2.11. The van der Waals surface area contributed by atoms with E-state index in [4.69, 9.17) is 10.8 Å². The van der Waals surface area contributed by atoms with Gasteiger partial charge >= 0.3 is 0 Å². The second-order valence-electron chi connectivity index (χ2n) is 4.69. The van der Waals surface area contributed by atoms with E-state index in [-0.39, 0.29) is 12.1 Å². The Morgan fingerprint density at radius 3 is 2.12 bits per heavy atom. The van der Waals surface area contributed by atoms with Gasteiger partial charge in [-0.15, -0.1) is 0 Å². The predicted octanol–water partition coefficient (Wildman–Crippen LogP) is 2.20. The van der Waals surface area contributed by atoms with Crippen LogP contribution in [0.4, 0.5) is 0 Å². The number of aliphatic hydroxyl groups is 2. The fourth-order valence-electron chi connectivity index (χ4n) is 1.83. The zero-order valence-corrected chi connectivity index (χ0v) is 10.7. The van der Waals surface area contributed by atoms with Gasteiger partial charge in [0.2, 0.25) is 0 Å². The molecule has 0 aliphatic carbocycles. The second-order valence-corrected chi connectivity index (χ2v) is 4.69. The largest absolute Gasteiger partial charge is 0.396 e. The summed E-state index contributed by atoms with van der Waals surface area (Å²) >= 11 is 0. The van der Waals surface area contributed by atoms with Crippen LogP contribution >= 0.6 is 0 Å². The molecule has 0 heterocycles. The Morgan fingerprint density at radius 1 is 1.00 bits per heavy atom. The van der Waals surface area contributed by atoms with E-state index in [0.29, 0.717) is 6.61 Å². The molecule has 0 aromatic rings. The van der Waals surface area contributed by atoms with E-state index in [2.05, 4.69) is 6.92 Å². The smallest absolute Gasteiger partial charge is 0.0555 e. The molecular weight excluding hydrogens is 202 g/mol. The lowest BCUT2D eigenvalue weighted by molar-refractivity contribution is 0.141. The SMILES string of the molecule is CCC(N)CC(O)CCCCCCCCO. The van der Waals surface area contributed by atoms with Crippen LogP contribution in [0.2, 0.25) is 0 Å². The van der Waals surface area contributed by atoms with Gasteiger partial charge in [0, 0.05) is 12.6 Å². The van der Waals surface area contributed by atoms with E-state index >= 15 is 0 Å². The van der Waals surface area contributed by atoms with Gasteiger partial charge in [-0.2, -0.15) is 0 Å². The molecule has 98 valence electrons. The molecule has 0 fully saturated rings. The molecule has 0 radical (unpaired) electrons. The molecule has 0 aliphatic rings. The van der Waals surface area contributed by atoms with Gasteiger partial charge in [0.25, 0.3) is 0 Å². The number of nitrogens with two attached hydrogens (primary N) is 1. The predicted molar refractivity (Wildman–Crippen MR) is 68.3 cm³/mol. The van der Waals surface area contributed by atoms with Crippen molar-refractivity contribution < 1.29 is 10.2 Å². The maximum Gasteiger partial charge on any atom is 0.0555 e. The standard InChI is InChI=1S/C13H29NO2/c1-2-12(14)11-13(16)9-7-5-3-4-6-8-10-15/h12-13,15-16H,2-11,14H2,1H3. The van der Waals surface area contributed by atoms with Crippen LogP contribution in [0.1, 0.15) is 64.7 Å². The molecule has 4 N–H and O–H groups in total. The van der Waals surface area contributed by atoms with Crippen molar-refractivity contribution in [3.05, 3.63) is 0 Å². The highest BCUT2D eigenvalue weighted by atomic mass is 16.3. The summed E-state index contributed by atoms with van der Waals surface area (Å²) in [7, 11) is 0. The van der Waals surface area contributed by atoms with Crippen molar-refractivity contribution in [3.8, 4) is 0 Å². The number of rotatable bonds is 11. The van der Waals surface area contributed by atoms with E-state index < -0.39 is 0 Å². The van der Waals surface area contributed by atoms with Crippen LogP contribution in [-0.4, -0.2) is 29.0 Å². The minimum absolute atomic E-state index is 0.152. The zero-order chi connectivity index (χ0) is 12.2. The number of hydrogen-bond donors (Lipinski definition) is 3. The summed E-state index contributed by atoms with van der Waals surface area (Å²) in [5.41, 5.74) is 5.78. The Balaban J connectivity index is 3.18. The van der Waals surface area contributed by atoms with Crippen molar-refractivity contribution in [2.45, 2.75) is 76.9 Å². The van der Waals surface area contributed by atoms with Crippen LogP contribution in [0.3, 0.4) is 0 Å². The first-order valence-electron chi connectivity index (χ1n) is 6.75. The first-order chi connectivity index (χ1) is 7.70. The molecule has 3 nitrogen and oxygen atoms in total. The third-order valence-corrected chi connectivity index (χ3v) is 3.04. The number of hydrogen-bond acceptors (Lipinski definition) is 3. The summed E-state index contributed by atoms with van der Waals surface area (Å²) in [6.45, 7) is 2.37. The molecule has 3 heteroatoms. The summed E-state index contributed by atoms with van der Waals surface area (Å²) in [6, 6.07) is 0.152. The van der Waals surface area contributed by atoms with Gasteiger partial charge in [-0.3, -0.25) is 0 Å². The molecular formula is C13H29NO2. The molecule has 0 saturated carbocycles. The fraction of sp³-hybridized carbons (Fsp3) is 1.00. The van der Waals surface area contributed by atoms with Gasteiger partial charge in [-0.1, -0.05) is 39.0 Å². The minimum atomic E-state index is -0.215. The number of unbranched alkanes of at least 4 members (excludes halogenated alkanes) is 5. The molecule has 0 aromatic carbocycles. The van der Waals surface area contributed by atoms with E-state index in [9.17, 15) is 5.11 Å². The first-order valence-corrected chi connectivity index (χ1v) is 6.75. The third kappa shape index (κ3) is 10.4. The van der Waals surface area contributed by atoms with Crippen molar-refractivity contribution in [1.29, 1.82) is 0 Å². The lowest BCUT2D eigenvalue weighted by Crippen LogP contribution is -2.25. The number of aliphatic hydroxyl groups excluding tert-OH is 2. The van der Waals surface area contributed by atoms with Gasteiger partial charge in [0.05, 0.1) is 6.10 Å². The van der Waals surface area contributed by atoms with Crippen molar-refractivity contribution in [2.24, 2.45) is 5.73 Å². The van der Waals surface area contributed by atoms with E-state index in [0.717, 1.165) is 38.5 Å². The molecule has 0 saturated heterocycles. The van der Waals surface area contributed by atoms with Crippen molar-refractivity contribution in [3.63, 3.8) is 0 Å². The molecule has 0 spiro atoms. The Labute approximate surface area is 100 Å². The van der Waals surface area contributed by atoms with E-state index in [1.807, 2.05) is 0 Å². The average Bonchev–Trinajstić information content (AvgIpc) is 2.27. The zero-order valence-electron chi connectivity index (χ0n) is 10.7. The quantitative estimate of drug-likeness (QED) is 0.478. The molecule has 0 bridgehead atoms. The lowest BCUT2D eigenvalue weighted by Gasteiger charge is -2.14. The maximum atomic E-state index is 9.68. The summed E-state index contributed by atoms with van der Waals surface area (Å²) < 4.78 is 0. The molecule has 0 aromatic heterocycles. The normalized spacial score (nSPS) is 15.0. The first kappa shape index (κ1) is 15.9. The minimum Gasteiger partial charge on any atom is -0.396 e. The highest BCUT2D eigenvalue weighted by molar-refractivity contribution is 4.65. The summed E-state index contributed by atoms with van der Waals surface area (Å²) in [6.07, 6.45) is 9.09. The lowest BCUT2D eigenvalue weighted by atomic mass is 10.0. The Hall–Kier alpha value is -0.120. The summed E-state index contributed by atoms with van der Waals surface area (Å²) in [5, 5.41) is 18.3. The fourth-order valence-corrected chi connectivity index (χ4v) is 1.83. The van der Waals surface area contributed by atoms with E-state index in [1.54, 1.807) is 0 Å². The molecule has 0 rings (SSSR count). The van der Waals surface area contributed by atoms with Crippen LogP contribution in [0.25, 0.3) is 0 Å². The second kappa shape index (κ2) is 11.4. The van der Waals surface area contributed by atoms with Crippen molar-refractivity contribution in [2.75, 3.05) is 6.61 Å². The van der Waals surface area contributed by atoms with Crippen molar-refractivity contribution >= 4 is 0 Å². The molecule has 16 heavy (non-hydrogen) atoms. The van der Waals surface area contributed by atoms with E-state index in [1.165, 1.54) is 19.3 Å². The van der Waals surface area contributed by atoms with Crippen molar-refractivity contribution in [1.82, 2.24) is 0 Å². The van der Waals surface area contributed by atoms with Gasteiger partial charge in [-0.05, 0) is 25.7 Å². The Morgan fingerprint density at radius 2 is 1.56 bits per heavy atom. The Kier molecular flexibility index (Phi) is 11.3. The molecule has 2 atom stereocenters. The summed E-state index contributed by atoms with van der Waals surface area (Å²) in [5.74, 6) is 0. The molecule has 0 amide bonds. The summed E-state index contributed by atoms with van der Waals surface area (Å²) in [4.78, 5) is 0. The average molecular weight is 231 g/mol. The topological polar surface area (TPSA) is 66.5 Å². The third-order valence-electron chi connectivity index (χ3n) is 3.04. The Bertz CT molecular complexity index is 142. The van der Waals surface area contributed by atoms with Gasteiger partial charge in [0.1, 0.15) is 0 Å². The van der Waals surface area contributed by atoms with Gasteiger partial charge in [-0.25, -0.2) is 0 Å². The van der Waals surface area contributed by atoms with Gasteiger partial charge in [0.15, 0.2) is 0 Å². The van der Waals surface area contributed by atoms with Crippen LogP contribution in [-0.2, 0) is 0 Å². The van der Waals surface area contributed by atoms with Crippen LogP contribution in [0.5, 0.6) is 0 Å².